The predicted octanol–water partition coefficient (Wildman–Crippen LogP) is 4.29. The number of nitrogen functional groups attached to an aromatic ring is 1. The van der Waals surface area contributed by atoms with Crippen molar-refractivity contribution in [2.45, 2.75) is 0 Å². The van der Waals surface area contributed by atoms with Crippen molar-refractivity contribution < 1.29 is 4.79 Å². The summed E-state index contributed by atoms with van der Waals surface area (Å²) >= 11 is 11.7. The van der Waals surface area contributed by atoms with Crippen LogP contribution in [0.4, 0.5) is 17.2 Å². The maximum Gasteiger partial charge on any atom is 0.255 e. The summed E-state index contributed by atoms with van der Waals surface area (Å²) in [6.07, 6.45) is 0. The molecule has 0 spiro atoms. The van der Waals surface area contributed by atoms with Crippen LogP contribution >= 0.6 is 23.2 Å². The van der Waals surface area contributed by atoms with E-state index < -0.39 is 0 Å². The number of nitrogens with two attached hydrogens (primary N) is 1. The normalized spacial score (nSPS) is 10.8. The summed E-state index contributed by atoms with van der Waals surface area (Å²) < 4.78 is 0. The number of nitrogens with one attached hydrogen (secondary N) is 2. The molecule has 7 heteroatoms. The van der Waals surface area contributed by atoms with E-state index in [1.165, 1.54) is 0 Å². The van der Waals surface area contributed by atoms with Crippen LogP contribution in [0.3, 0.4) is 0 Å². The lowest BCUT2D eigenvalue weighted by atomic mass is 10.1. The molecule has 1 amide bonds. The zero-order chi connectivity index (χ0) is 18.5. The Morgan fingerprint density at radius 3 is 2.38 bits per heavy atom. The van der Waals surface area contributed by atoms with E-state index in [0.29, 0.717) is 36.2 Å². The maximum absolute atomic E-state index is 12.5. The van der Waals surface area contributed by atoms with Crippen molar-refractivity contribution in [3.8, 4) is 0 Å². The number of benzene rings is 2. The zero-order valence-electron chi connectivity index (χ0n) is 14.1. The first-order chi connectivity index (χ1) is 12.6. The van der Waals surface area contributed by atoms with Gasteiger partial charge in [-0.25, -0.2) is 0 Å². The van der Waals surface area contributed by atoms with Gasteiger partial charge >= 0.3 is 0 Å². The quantitative estimate of drug-likeness (QED) is 0.526. The third kappa shape index (κ3) is 4.23. The molecule has 136 valence electrons. The minimum Gasteiger partial charge on any atom is -0.385 e. The van der Waals surface area contributed by atoms with Gasteiger partial charge in [0.1, 0.15) is 5.82 Å². The molecule has 0 atom stereocenters. The van der Waals surface area contributed by atoms with Crippen molar-refractivity contribution in [2.24, 2.45) is 0 Å². The summed E-state index contributed by atoms with van der Waals surface area (Å²) in [4.78, 5) is 17.6. The monoisotopic (exact) mass is 390 g/mol. The number of alkyl halides is 2. The molecule has 3 aromatic rings. The summed E-state index contributed by atoms with van der Waals surface area (Å²) in [5, 5.41) is 3.86. The van der Waals surface area contributed by atoms with Gasteiger partial charge in [0.25, 0.3) is 5.91 Å². The number of rotatable bonds is 7. The Kier molecular flexibility index (Phi) is 5.91. The van der Waals surface area contributed by atoms with E-state index in [1.807, 2.05) is 36.4 Å². The van der Waals surface area contributed by atoms with Crippen LogP contribution in [0.1, 0.15) is 10.4 Å². The van der Waals surface area contributed by atoms with E-state index in [1.54, 1.807) is 12.1 Å². The van der Waals surface area contributed by atoms with Crippen LogP contribution in [-0.2, 0) is 0 Å². The summed E-state index contributed by atoms with van der Waals surface area (Å²) in [7, 11) is 0. The fourth-order valence-corrected chi connectivity index (χ4v) is 3.24. The molecule has 0 radical (unpaired) electrons. The Morgan fingerprint density at radius 1 is 1.04 bits per heavy atom. The molecule has 1 aromatic heterocycles. The topological polar surface area (TPSA) is 74.2 Å². The van der Waals surface area contributed by atoms with Gasteiger partial charge in [0.05, 0.1) is 0 Å². The highest BCUT2D eigenvalue weighted by Gasteiger charge is 2.10. The van der Waals surface area contributed by atoms with Crippen LogP contribution in [-0.4, -0.2) is 35.7 Å². The number of hydrogen-bond donors (Lipinski definition) is 3. The molecule has 0 aliphatic carbocycles. The summed E-state index contributed by atoms with van der Waals surface area (Å²) in [5.41, 5.74) is 8.98. The lowest BCUT2D eigenvalue weighted by Crippen LogP contribution is -2.27. The number of anilines is 3. The number of aromatic nitrogens is 1. The van der Waals surface area contributed by atoms with Gasteiger partial charge in [-0.2, -0.15) is 0 Å². The van der Waals surface area contributed by atoms with Gasteiger partial charge in [-0.05, 0) is 48.5 Å². The molecule has 0 fully saturated rings. The van der Waals surface area contributed by atoms with Gasteiger partial charge < -0.3 is 20.9 Å². The fourth-order valence-electron chi connectivity index (χ4n) is 2.83. The Labute approximate surface area is 162 Å². The van der Waals surface area contributed by atoms with Crippen molar-refractivity contribution in [1.29, 1.82) is 0 Å². The van der Waals surface area contributed by atoms with Crippen molar-refractivity contribution in [3.05, 3.63) is 54.1 Å². The molecule has 0 bridgehead atoms. The summed E-state index contributed by atoms with van der Waals surface area (Å²) in [6, 6.07) is 14.9. The Morgan fingerprint density at radius 2 is 1.73 bits per heavy atom. The lowest BCUT2D eigenvalue weighted by molar-refractivity contribution is 0.102. The van der Waals surface area contributed by atoms with Gasteiger partial charge in [0.2, 0.25) is 0 Å². The number of amides is 1. The van der Waals surface area contributed by atoms with Gasteiger partial charge in [-0.3, -0.25) is 4.79 Å². The van der Waals surface area contributed by atoms with Crippen molar-refractivity contribution >= 4 is 57.2 Å². The van der Waals surface area contributed by atoms with E-state index in [4.69, 9.17) is 28.9 Å². The van der Waals surface area contributed by atoms with E-state index >= 15 is 0 Å². The molecular formula is C19H20Cl2N4O. The molecule has 0 aliphatic heterocycles. The first kappa shape index (κ1) is 18.4. The number of halogens is 2. The number of H-pyrrole nitrogens is 1. The van der Waals surface area contributed by atoms with Crippen LogP contribution in [0.15, 0.2) is 48.5 Å². The minimum atomic E-state index is -0.166. The summed E-state index contributed by atoms with van der Waals surface area (Å²) in [6.45, 7) is 1.42. The van der Waals surface area contributed by atoms with Crippen molar-refractivity contribution in [1.82, 2.24) is 4.98 Å². The van der Waals surface area contributed by atoms with E-state index in [0.717, 1.165) is 22.3 Å². The average Bonchev–Trinajstić information content (AvgIpc) is 3.01. The second-order valence-corrected chi connectivity index (χ2v) is 6.65. The smallest absolute Gasteiger partial charge is 0.255 e. The zero-order valence-corrected chi connectivity index (χ0v) is 15.6. The second kappa shape index (κ2) is 8.34. The molecule has 4 N–H and O–H groups in total. The van der Waals surface area contributed by atoms with Crippen LogP contribution in [0.2, 0.25) is 0 Å². The SMILES string of the molecule is Nc1cc2cc(NC(=O)c3ccc(N(CCCl)CCCl)cc3)ccc2[nH]1. The Hall–Kier alpha value is -2.37. The number of fused-ring (bicyclic) bond motifs is 1. The molecule has 2 aromatic carbocycles. The van der Waals surface area contributed by atoms with Crippen LogP contribution < -0.4 is 16.0 Å². The summed E-state index contributed by atoms with van der Waals surface area (Å²) in [5.74, 6) is 1.47. The van der Waals surface area contributed by atoms with Gasteiger partial charge in [0.15, 0.2) is 0 Å². The molecule has 0 unspecified atom stereocenters. The molecule has 0 saturated carbocycles. The Balaban J connectivity index is 1.72. The third-order valence-corrected chi connectivity index (χ3v) is 4.44. The van der Waals surface area contributed by atoms with Crippen LogP contribution in [0.25, 0.3) is 10.9 Å². The first-order valence-electron chi connectivity index (χ1n) is 8.27. The highest BCUT2D eigenvalue weighted by molar-refractivity contribution is 6.18. The predicted molar refractivity (Wildman–Crippen MR) is 111 cm³/mol. The maximum atomic E-state index is 12.5. The number of carbonyl (C=O) groups excluding carboxylic acids is 1. The highest BCUT2D eigenvalue weighted by atomic mass is 35.5. The number of hydrogen-bond acceptors (Lipinski definition) is 3. The molecule has 0 saturated heterocycles. The van der Waals surface area contributed by atoms with E-state index in [2.05, 4.69) is 15.2 Å². The first-order valence-corrected chi connectivity index (χ1v) is 9.34. The standard InChI is InChI=1S/C19H20Cl2N4O/c20-7-9-25(10-8-21)16-4-1-13(2-5-16)19(26)23-15-3-6-17-14(11-15)12-18(22)24-17/h1-6,11-12,24H,7-10,22H2,(H,23,26). The van der Waals surface area contributed by atoms with Gasteiger partial charge in [-0.1, -0.05) is 0 Å². The third-order valence-electron chi connectivity index (χ3n) is 4.10. The molecule has 1 heterocycles. The van der Waals surface area contributed by atoms with Crippen LogP contribution in [0, 0.1) is 0 Å². The molecular weight excluding hydrogens is 371 g/mol. The van der Waals surface area contributed by atoms with Gasteiger partial charge in [0, 0.05) is 52.7 Å². The molecule has 3 rings (SSSR count). The molecule has 26 heavy (non-hydrogen) atoms. The number of nitrogens with zero attached hydrogens (tertiary/aromatic N) is 1. The average molecular weight is 391 g/mol. The van der Waals surface area contributed by atoms with Gasteiger partial charge in [-0.15, -0.1) is 23.2 Å². The lowest BCUT2D eigenvalue weighted by Gasteiger charge is -2.22. The number of aromatic amines is 1. The minimum absolute atomic E-state index is 0.166. The van der Waals surface area contributed by atoms with Crippen LogP contribution in [0.5, 0.6) is 0 Å². The highest BCUT2D eigenvalue weighted by Crippen LogP contribution is 2.22. The molecule has 5 nitrogen and oxygen atoms in total. The molecule has 0 aliphatic rings. The van der Waals surface area contributed by atoms with E-state index in [-0.39, 0.29) is 5.91 Å². The van der Waals surface area contributed by atoms with E-state index in [9.17, 15) is 4.79 Å². The van der Waals surface area contributed by atoms with Crippen molar-refractivity contribution in [2.75, 3.05) is 40.8 Å². The second-order valence-electron chi connectivity index (χ2n) is 5.89. The fraction of sp³-hybridized carbons (Fsp3) is 0.211. The van der Waals surface area contributed by atoms with Crippen molar-refractivity contribution in [3.63, 3.8) is 0 Å². The number of carbonyl (C=O) groups is 1. The largest absolute Gasteiger partial charge is 0.385 e. The Bertz CT molecular complexity index is 886.